The van der Waals surface area contributed by atoms with E-state index in [1.165, 1.54) is 4.90 Å². The van der Waals surface area contributed by atoms with E-state index >= 15 is 0 Å². The number of hydrogen-bond donors (Lipinski definition) is 1. The van der Waals surface area contributed by atoms with Gasteiger partial charge in [-0.2, -0.15) is 18.3 Å². The van der Waals surface area contributed by atoms with Crippen LogP contribution in [-0.4, -0.2) is 72.0 Å². The molecule has 13 heteroatoms. The van der Waals surface area contributed by atoms with Gasteiger partial charge in [-0.1, -0.05) is 29.3 Å². The van der Waals surface area contributed by atoms with Crippen LogP contribution in [0.4, 0.5) is 13.2 Å². The van der Waals surface area contributed by atoms with Gasteiger partial charge < -0.3 is 4.90 Å². The standard InChI is InChI=1S/C18H19Cl2F3N4O3S/c19-13-2-1-3-14(20)12(13)11-27(5-4-26-6-8-31(29,30)9-7-26)17(28)15-10-16(25-24-15)18(21,22)23/h1-3,10H,4-9,11H2,(H,24,25). The molecule has 1 saturated heterocycles. The molecule has 170 valence electrons. The Morgan fingerprint density at radius 3 is 2.35 bits per heavy atom. The molecule has 1 N–H and O–H groups in total. The zero-order valence-electron chi connectivity index (χ0n) is 16.1. The average molecular weight is 499 g/mol. The summed E-state index contributed by atoms with van der Waals surface area (Å²) in [7, 11) is -3.06. The van der Waals surface area contributed by atoms with Crippen LogP contribution in [-0.2, 0) is 22.6 Å². The van der Waals surface area contributed by atoms with Crippen LogP contribution in [0.2, 0.25) is 10.0 Å². The normalized spacial score (nSPS) is 16.9. The Labute approximate surface area is 187 Å². The fraction of sp³-hybridized carbons (Fsp3) is 0.444. The Morgan fingerprint density at radius 1 is 1.19 bits per heavy atom. The molecule has 3 rings (SSSR count). The lowest BCUT2D eigenvalue weighted by Crippen LogP contribution is -2.45. The summed E-state index contributed by atoms with van der Waals surface area (Å²) in [5.41, 5.74) is -1.07. The van der Waals surface area contributed by atoms with Crippen molar-refractivity contribution in [1.29, 1.82) is 0 Å². The number of carbonyl (C=O) groups is 1. The van der Waals surface area contributed by atoms with Crippen molar-refractivity contribution in [1.82, 2.24) is 20.0 Å². The Morgan fingerprint density at radius 2 is 1.81 bits per heavy atom. The quantitative estimate of drug-likeness (QED) is 0.661. The molecule has 7 nitrogen and oxygen atoms in total. The van der Waals surface area contributed by atoms with Crippen LogP contribution in [0, 0.1) is 0 Å². The molecule has 1 aromatic heterocycles. The highest BCUT2D eigenvalue weighted by molar-refractivity contribution is 7.91. The summed E-state index contributed by atoms with van der Waals surface area (Å²) in [6.45, 7) is 1.06. The second-order valence-corrected chi connectivity index (χ2v) is 10.2. The van der Waals surface area contributed by atoms with Crippen molar-refractivity contribution in [3.8, 4) is 0 Å². The zero-order chi connectivity index (χ0) is 22.8. The largest absolute Gasteiger partial charge is 0.435 e. The molecule has 1 aliphatic heterocycles. The van der Waals surface area contributed by atoms with Crippen LogP contribution >= 0.6 is 23.2 Å². The molecule has 2 aromatic rings. The van der Waals surface area contributed by atoms with Crippen LogP contribution in [0.5, 0.6) is 0 Å². The number of H-pyrrole nitrogens is 1. The fourth-order valence-electron chi connectivity index (χ4n) is 3.11. The lowest BCUT2D eigenvalue weighted by molar-refractivity contribution is -0.141. The van der Waals surface area contributed by atoms with E-state index in [1.807, 2.05) is 4.90 Å². The summed E-state index contributed by atoms with van der Waals surface area (Å²) in [4.78, 5) is 16.2. The Balaban J connectivity index is 1.80. The van der Waals surface area contributed by atoms with E-state index in [2.05, 4.69) is 10.2 Å². The summed E-state index contributed by atoms with van der Waals surface area (Å²) >= 11 is 12.4. The van der Waals surface area contributed by atoms with Crippen LogP contribution in [0.1, 0.15) is 21.7 Å². The lowest BCUT2D eigenvalue weighted by atomic mass is 10.2. The van der Waals surface area contributed by atoms with Gasteiger partial charge in [0.2, 0.25) is 0 Å². The molecule has 0 atom stereocenters. The van der Waals surface area contributed by atoms with E-state index in [4.69, 9.17) is 23.2 Å². The van der Waals surface area contributed by atoms with Gasteiger partial charge >= 0.3 is 6.18 Å². The van der Waals surface area contributed by atoms with Gasteiger partial charge in [0, 0.05) is 54.4 Å². The van der Waals surface area contributed by atoms with Gasteiger partial charge in [0.15, 0.2) is 15.5 Å². The van der Waals surface area contributed by atoms with Gasteiger partial charge in [-0.15, -0.1) is 0 Å². The van der Waals surface area contributed by atoms with Crippen molar-refractivity contribution in [2.24, 2.45) is 0 Å². The summed E-state index contributed by atoms with van der Waals surface area (Å²) in [6.07, 6.45) is -4.69. The van der Waals surface area contributed by atoms with E-state index < -0.39 is 27.6 Å². The number of alkyl halides is 3. The van der Waals surface area contributed by atoms with E-state index in [-0.39, 0.29) is 30.3 Å². The van der Waals surface area contributed by atoms with Crippen molar-refractivity contribution < 1.29 is 26.4 Å². The van der Waals surface area contributed by atoms with Crippen LogP contribution in [0.25, 0.3) is 0 Å². The summed E-state index contributed by atoms with van der Waals surface area (Å²) in [6, 6.07) is 5.48. The lowest BCUT2D eigenvalue weighted by Gasteiger charge is -2.30. The van der Waals surface area contributed by atoms with Gasteiger partial charge in [-0.3, -0.25) is 14.8 Å². The minimum atomic E-state index is -4.69. The molecule has 0 unspecified atom stereocenters. The Bertz CT molecular complexity index is 1030. The molecule has 0 saturated carbocycles. The highest BCUT2D eigenvalue weighted by Crippen LogP contribution is 2.29. The molecule has 1 aromatic carbocycles. The second-order valence-electron chi connectivity index (χ2n) is 7.08. The maximum absolute atomic E-state index is 13.0. The number of benzene rings is 1. The number of sulfone groups is 1. The van der Waals surface area contributed by atoms with Crippen molar-refractivity contribution in [2.45, 2.75) is 12.7 Å². The van der Waals surface area contributed by atoms with Gasteiger partial charge in [0.05, 0.1) is 11.5 Å². The number of aromatic nitrogens is 2. The van der Waals surface area contributed by atoms with E-state index in [9.17, 15) is 26.4 Å². The maximum atomic E-state index is 13.0. The first-order chi connectivity index (χ1) is 14.5. The number of carbonyl (C=O) groups excluding carboxylic acids is 1. The zero-order valence-corrected chi connectivity index (χ0v) is 18.5. The summed E-state index contributed by atoms with van der Waals surface area (Å²) in [5.74, 6) is -0.664. The first-order valence-electron chi connectivity index (χ1n) is 9.24. The molecule has 31 heavy (non-hydrogen) atoms. The number of nitrogens with one attached hydrogen (secondary N) is 1. The average Bonchev–Trinajstić information content (AvgIpc) is 3.18. The van der Waals surface area contributed by atoms with Gasteiger partial charge in [0.25, 0.3) is 5.91 Å². The predicted molar refractivity (Wildman–Crippen MR) is 110 cm³/mol. The van der Waals surface area contributed by atoms with E-state index in [0.717, 1.165) is 0 Å². The third-order valence-electron chi connectivity index (χ3n) is 4.92. The van der Waals surface area contributed by atoms with Crippen LogP contribution in [0.3, 0.4) is 0 Å². The number of rotatable bonds is 6. The van der Waals surface area contributed by atoms with Gasteiger partial charge in [-0.25, -0.2) is 8.42 Å². The van der Waals surface area contributed by atoms with Gasteiger partial charge in [0.1, 0.15) is 5.69 Å². The highest BCUT2D eigenvalue weighted by Gasteiger charge is 2.35. The molecule has 1 aliphatic rings. The molecular weight excluding hydrogens is 480 g/mol. The van der Waals surface area contributed by atoms with Gasteiger partial charge in [-0.05, 0) is 12.1 Å². The maximum Gasteiger partial charge on any atom is 0.435 e. The van der Waals surface area contributed by atoms with Crippen molar-refractivity contribution >= 4 is 38.9 Å². The molecule has 2 heterocycles. The monoisotopic (exact) mass is 498 g/mol. The third kappa shape index (κ3) is 6.12. The fourth-order valence-corrected chi connectivity index (χ4v) is 4.90. The Hall–Kier alpha value is -1.82. The van der Waals surface area contributed by atoms with Crippen LogP contribution < -0.4 is 0 Å². The SMILES string of the molecule is O=C(c1cc(C(F)(F)F)n[nH]1)N(CCN1CCS(=O)(=O)CC1)Cc1c(Cl)cccc1Cl. The topological polar surface area (TPSA) is 86.4 Å². The molecule has 0 aliphatic carbocycles. The minimum Gasteiger partial charge on any atom is -0.332 e. The number of aromatic amines is 1. The van der Waals surface area contributed by atoms with Crippen molar-refractivity contribution in [3.05, 3.63) is 51.3 Å². The van der Waals surface area contributed by atoms with Crippen molar-refractivity contribution in [2.75, 3.05) is 37.7 Å². The highest BCUT2D eigenvalue weighted by atomic mass is 35.5. The number of nitrogens with zero attached hydrogens (tertiary/aromatic N) is 3. The number of amides is 1. The Kier molecular flexibility index (Phi) is 7.19. The molecular formula is C18H19Cl2F3N4O3S. The molecule has 0 radical (unpaired) electrons. The minimum absolute atomic E-state index is 0.0206. The molecule has 1 fully saturated rings. The number of halogens is 5. The van der Waals surface area contributed by atoms with Crippen LogP contribution in [0.15, 0.2) is 24.3 Å². The van der Waals surface area contributed by atoms with E-state index in [0.29, 0.717) is 41.3 Å². The van der Waals surface area contributed by atoms with Crippen molar-refractivity contribution in [3.63, 3.8) is 0 Å². The van der Waals surface area contributed by atoms with E-state index in [1.54, 1.807) is 18.2 Å². The summed E-state index contributed by atoms with van der Waals surface area (Å²) < 4.78 is 61.8. The predicted octanol–water partition coefficient (Wildman–Crippen LogP) is 3.11. The molecule has 0 spiro atoms. The third-order valence-corrected chi connectivity index (χ3v) is 7.24. The molecule has 0 bridgehead atoms. The second kappa shape index (κ2) is 9.35. The smallest absolute Gasteiger partial charge is 0.332 e. The number of hydrogen-bond acceptors (Lipinski definition) is 5. The summed E-state index contributed by atoms with van der Waals surface area (Å²) in [5, 5.41) is 5.94. The first kappa shape index (κ1) is 23.8. The molecule has 1 amide bonds. The first-order valence-corrected chi connectivity index (χ1v) is 11.8.